The SMILES string of the molecule is CN1CCC(Nc2cccc(C(=O)NC3COc4ccc(F)cc43)c2)(c2nc(-c3ccncc3)n[nH]2)CC1. The Hall–Kier alpha value is -4.31. The molecule has 38 heavy (non-hydrogen) atoms. The minimum atomic E-state index is -0.477. The van der Waals surface area contributed by atoms with E-state index in [-0.39, 0.29) is 18.3 Å². The summed E-state index contributed by atoms with van der Waals surface area (Å²) in [7, 11) is 2.11. The molecule has 4 aromatic rings. The maximum atomic E-state index is 13.8. The first-order valence-corrected chi connectivity index (χ1v) is 12.6. The van der Waals surface area contributed by atoms with Gasteiger partial charge in [-0.2, -0.15) is 5.10 Å². The molecule has 194 valence electrons. The van der Waals surface area contributed by atoms with Gasteiger partial charge in [-0.1, -0.05) is 6.07 Å². The fourth-order valence-corrected chi connectivity index (χ4v) is 5.09. The van der Waals surface area contributed by atoms with Gasteiger partial charge in [-0.3, -0.25) is 14.9 Å². The number of piperidine rings is 1. The van der Waals surface area contributed by atoms with E-state index >= 15 is 0 Å². The Morgan fingerprint density at radius 1 is 1.13 bits per heavy atom. The van der Waals surface area contributed by atoms with Crippen molar-refractivity contribution in [2.24, 2.45) is 0 Å². The molecule has 0 aliphatic carbocycles. The first-order valence-electron chi connectivity index (χ1n) is 12.6. The number of ether oxygens (including phenoxy) is 1. The van der Waals surface area contributed by atoms with Crippen molar-refractivity contribution in [2.75, 3.05) is 32.1 Å². The Bertz CT molecular complexity index is 1450. The number of hydrogen-bond acceptors (Lipinski definition) is 7. The number of benzene rings is 2. The van der Waals surface area contributed by atoms with Crippen LogP contribution in [0.1, 0.15) is 40.6 Å². The molecule has 1 saturated heterocycles. The second-order valence-electron chi connectivity index (χ2n) is 9.85. The number of H-pyrrole nitrogens is 1. The first kappa shape index (κ1) is 24.1. The molecule has 0 radical (unpaired) electrons. The predicted octanol–water partition coefficient (Wildman–Crippen LogP) is 3.90. The monoisotopic (exact) mass is 513 g/mol. The molecule has 0 bridgehead atoms. The molecule has 3 N–H and O–H groups in total. The van der Waals surface area contributed by atoms with E-state index in [1.807, 2.05) is 30.3 Å². The maximum Gasteiger partial charge on any atom is 0.251 e. The van der Waals surface area contributed by atoms with Crippen molar-refractivity contribution in [2.45, 2.75) is 24.4 Å². The molecule has 2 aliphatic rings. The Morgan fingerprint density at radius 2 is 1.95 bits per heavy atom. The van der Waals surface area contributed by atoms with Crippen LogP contribution in [-0.2, 0) is 5.54 Å². The lowest BCUT2D eigenvalue weighted by molar-refractivity contribution is 0.0930. The highest BCUT2D eigenvalue weighted by Crippen LogP contribution is 2.36. The molecule has 2 aliphatic heterocycles. The van der Waals surface area contributed by atoms with E-state index in [1.165, 1.54) is 12.1 Å². The molecule has 1 fully saturated rings. The number of carbonyl (C=O) groups excluding carboxylic acids is 1. The Morgan fingerprint density at radius 3 is 2.76 bits per heavy atom. The van der Waals surface area contributed by atoms with Gasteiger partial charge in [0.15, 0.2) is 11.6 Å². The van der Waals surface area contributed by atoms with Crippen molar-refractivity contribution < 1.29 is 13.9 Å². The Labute approximate surface area is 219 Å². The van der Waals surface area contributed by atoms with Gasteiger partial charge in [0.05, 0.1) is 11.6 Å². The van der Waals surface area contributed by atoms with Crippen LogP contribution in [0.2, 0.25) is 0 Å². The number of nitrogens with one attached hydrogen (secondary N) is 3. The van der Waals surface area contributed by atoms with Crippen LogP contribution in [0, 0.1) is 5.82 Å². The summed E-state index contributed by atoms with van der Waals surface area (Å²) in [5.74, 6) is 1.36. The van der Waals surface area contributed by atoms with Gasteiger partial charge in [0, 0.05) is 47.9 Å². The molecular formula is C28H28FN7O2. The average molecular weight is 514 g/mol. The summed E-state index contributed by atoms with van der Waals surface area (Å²) >= 11 is 0. The molecule has 10 heteroatoms. The van der Waals surface area contributed by atoms with Gasteiger partial charge in [-0.05, 0) is 68.4 Å². The standard InChI is InChI=1S/C28H28FN7O2/c1-36-13-9-28(10-14-36,27-32-25(34-35-27)18-7-11-30-12-8-18)33-21-4-2-3-19(15-21)26(37)31-23-17-38-24-6-5-20(29)16-22(23)24/h2-8,11-12,15-16,23,33H,9-10,13-14,17H2,1H3,(H,31,37)(H,32,34,35). The molecule has 6 rings (SSSR count). The number of pyridine rings is 1. The number of anilines is 1. The van der Waals surface area contributed by atoms with Crippen LogP contribution < -0.4 is 15.4 Å². The van der Waals surface area contributed by atoms with Gasteiger partial charge in [-0.15, -0.1) is 0 Å². The van der Waals surface area contributed by atoms with Gasteiger partial charge < -0.3 is 20.3 Å². The summed E-state index contributed by atoms with van der Waals surface area (Å²) in [5.41, 5.74) is 2.36. The van der Waals surface area contributed by atoms with Crippen LogP contribution in [0.25, 0.3) is 11.4 Å². The molecule has 1 unspecified atom stereocenters. The number of aromatic amines is 1. The lowest BCUT2D eigenvalue weighted by atomic mass is 9.86. The van der Waals surface area contributed by atoms with E-state index in [0.29, 0.717) is 22.7 Å². The van der Waals surface area contributed by atoms with Crippen molar-refractivity contribution in [3.05, 3.63) is 89.8 Å². The third kappa shape index (κ3) is 4.70. The molecular weight excluding hydrogens is 485 g/mol. The molecule has 1 atom stereocenters. The largest absolute Gasteiger partial charge is 0.491 e. The van der Waals surface area contributed by atoms with Crippen LogP contribution >= 0.6 is 0 Å². The van der Waals surface area contributed by atoms with Crippen LogP contribution in [0.15, 0.2) is 67.0 Å². The number of rotatable bonds is 6. The highest BCUT2D eigenvalue weighted by atomic mass is 19.1. The molecule has 9 nitrogen and oxygen atoms in total. The lowest BCUT2D eigenvalue weighted by Crippen LogP contribution is -2.46. The normalized spacial score (nSPS) is 18.4. The zero-order chi connectivity index (χ0) is 26.1. The van der Waals surface area contributed by atoms with Gasteiger partial charge >= 0.3 is 0 Å². The van der Waals surface area contributed by atoms with Gasteiger partial charge in [0.2, 0.25) is 0 Å². The van der Waals surface area contributed by atoms with Crippen LogP contribution in [-0.4, -0.2) is 57.7 Å². The second-order valence-corrected chi connectivity index (χ2v) is 9.85. The first-order chi connectivity index (χ1) is 18.5. The van der Waals surface area contributed by atoms with Gasteiger partial charge in [0.1, 0.15) is 18.2 Å². The van der Waals surface area contributed by atoms with E-state index < -0.39 is 11.6 Å². The molecule has 0 spiro atoms. The lowest BCUT2D eigenvalue weighted by Gasteiger charge is -2.40. The number of carbonyl (C=O) groups is 1. The van der Waals surface area contributed by atoms with E-state index in [4.69, 9.17) is 9.72 Å². The molecule has 1 amide bonds. The Balaban J connectivity index is 1.24. The fourth-order valence-electron chi connectivity index (χ4n) is 5.09. The summed E-state index contributed by atoms with van der Waals surface area (Å²) in [6.07, 6.45) is 5.07. The number of halogens is 1. The van der Waals surface area contributed by atoms with Crippen molar-refractivity contribution in [3.8, 4) is 17.1 Å². The highest BCUT2D eigenvalue weighted by molar-refractivity contribution is 5.95. The zero-order valence-corrected chi connectivity index (χ0v) is 20.9. The number of hydrogen-bond donors (Lipinski definition) is 3. The number of aromatic nitrogens is 4. The van der Waals surface area contributed by atoms with Crippen molar-refractivity contribution in [1.29, 1.82) is 0 Å². The summed E-state index contributed by atoms with van der Waals surface area (Å²) < 4.78 is 19.4. The van der Waals surface area contributed by atoms with E-state index in [1.54, 1.807) is 24.5 Å². The highest BCUT2D eigenvalue weighted by Gasteiger charge is 2.39. The molecule has 2 aromatic heterocycles. The van der Waals surface area contributed by atoms with Gasteiger partial charge in [0.25, 0.3) is 5.91 Å². The van der Waals surface area contributed by atoms with Crippen molar-refractivity contribution in [3.63, 3.8) is 0 Å². The summed E-state index contributed by atoms with van der Waals surface area (Å²) in [6, 6.07) is 15.1. The fraction of sp³-hybridized carbons (Fsp3) is 0.286. The molecule has 0 saturated carbocycles. The van der Waals surface area contributed by atoms with Crippen LogP contribution in [0.4, 0.5) is 10.1 Å². The Kier molecular flexibility index (Phi) is 6.24. The predicted molar refractivity (Wildman–Crippen MR) is 140 cm³/mol. The summed E-state index contributed by atoms with van der Waals surface area (Å²) in [6.45, 7) is 2.04. The van der Waals surface area contributed by atoms with Crippen molar-refractivity contribution in [1.82, 2.24) is 30.4 Å². The molecule has 2 aromatic carbocycles. The third-order valence-electron chi connectivity index (χ3n) is 7.28. The van der Waals surface area contributed by atoms with Crippen molar-refractivity contribution >= 4 is 11.6 Å². The summed E-state index contributed by atoms with van der Waals surface area (Å²) in [5, 5.41) is 14.3. The van der Waals surface area contributed by atoms with Crippen LogP contribution in [0.5, 0.6) is 5.75 Å². The van der Waals surface area contributed by atoms with E-state index in [2.05, 4.69) is 37.8 Å². The quantitative estimate of drug-likeness (QED) is 0.359. The minimum Gasteiger partial charge on any atom is -0.491 e. The zero-order valence-electron chi connectivity index (χ0n) is 20.9. The number of fused-ring (bicyclic) bond motifs is 1. The number of nitrogens with zero attached hydrogens (tertiary/aromatic N) is 4. The summed E-state index contributed by atoms with van der Waals surface area (Å²) in [4.78, 5) is 24.4. The van der Waals surface area contributed by atoms with E-state index in [0.717, 1.165) is 43.0 Å². The minimum absolute atomic E-state index is 0.253. The second kappa shape index (κ2) is 9.86. The van der Waals surface area contributed by atoms with Crippen LogP contribution in [0.3, 0.4) is 0 Å². The number of amides is 1. The smallest absolute Gasteiger partial charge is 0.251 e. The van der Waals surface area contributed by atoms with E-state index in [9.17, 15) is 9.18 Å². The third-order valence-corrected chi connectivity index (χ3v) is 7.28. The topological polar surface area (TPSA) is 108 Å². The molecule has 4 heterocycles. The number of likely N-dealkylation sites (tertiary alicyclic amines) is 1. The maximum absolute atomic E-state index is 13.8. The average Bonchev–Trinajstić information content (AvgIpc) is 3.59. The van der Waals surface area contributed by atoms with Gasteiger partial charge in [-0.25, -0.2) is 9.37 Å².